The number of carbonyl (C=O) groups is 2. The molecule has 0 saturated heterocycles. The fourth-order valence-electron chi connectivity index (χ4n) is 2.87. The lowest BCUT2D eigenvalue weighted by molar-refractivity contribution is 0.0455. The van der Waals surface area contributed by atoms with Gasteiger partial charge in [0.15, 0.2) is 0 Å². The van der Waals surface area contributed by atoms with E-state index in [4.69, 9.17) is 23.3 Å². The second-order valence-electron chi connectivity index (χ2n) is 7.16. The molecule has 168 valence electrons. The van der Waals surface area contributed by atoms with Crippen LogP contribution in [0.2, 0.25) is 0 Å². The summed E-state index contributed by atoms with van der Waals surface area (Å²) in [4.78, 5) is 24.3. The summed E-state index contributed by atoms with van der Waals surface area (Å²) in [6.45, 7) is 3.58. The molecule has 0 aliphatic rings. The number of aryl methyl sites for hydroxylation is 2. The van der Waals surface area contributed by atoms with Crippen molar-refractivity contribution in [3.63, 3.8) is 0 Å². The monoisotopic (exact) mass is 448 g/mol. The van der Waals surface area contributed by atoms with Gasteiger partial charge in [0.1, 0.15) is 47.6 Å². The van der Waals surface area contributed by atoms with Crippen LogP contribution in [0.25, 0.3) is 0 Å². The van der Waals surface area contributed by atoms with E-state index >= 15 is 0 Å². The summed E-state index contributed by atoms with van der Waals surface area (Å²) in [5, 5.41) is 7.55. The van der Waals surface area contributed by atoms with Crippen LogP contribution in [-0.2, 0) is 22.7 Å². The number of rotatable bonds is 8. The molecule has 0 spiro atoms. The maximum absolute atomic E-state index is 12.2. The summed E-state index contributed by atoms with van der Waals surface area (Å²) in [6.07, 6.45) is 0. The Morgan fingerprint density at radius 2 is 1.09 bits per heavy atom. The number of hydrogen-bond donors (Lipinski definition) is 0. The largest absolute Gasteiger partial charge is 0.457 e. The Bertz CT molecular complexity index is 1140. The van der Waals surface area contributed by atoms with Crippen LogP contribution >= 0.6 is 0 Å². The lowest BCUT2D eigenvalue weighted by Crippen LogP contribution is -2.05. The van der Waals surface area contributed by atoms with Gasteiger partial charge in [-0.2, -0.15) is 0 Å². The number of esters is 2. The summed E-state index contributed by atoms with van der Waals surface area (Å²) in [5.41, 5.74) is 1.84. The van der Waals surface area contributed by atoms with Gasteiger partial charge in [0.25, 0.3) is 0 Å². The molecular weight excluding hydrogens is 428 g/mol. The maximum atomic E-state index is 12.2. The third kappa shape index (κ3) is 5.85. The quantitative estimate of drug-likeness (QED) is 0.351. The number of nitrogens with zero attached hydrogens (tertiary/aromatic N) is 2. The average Bonchev–Trinajstić information content (AvgIpc) is 3.44. The Kier molecular flexibility index (Phi) is 6.49. The van der Waals surface area contributed by atoms with Crippen molar-refractivity contribution in [2.24, 2.45) is 0 Å². The van der Waals surface area contributed by atoms with Gasteiger partial charge in [-0.05, 0) is 62.4 Å². The van der Waals surface area contributed by atoms with Crippen molar-refractivity contribution < 1.29 is 32.8 Å². The summed E-state index contributed by atoms with van der Waals surface area (Å²) in [6, 6.07) is 16.4. The molecule has 9 nitrogen and oxygen atoms in total. The van der Waals surface area contributed by atoms with E-state index in [2.05, 4.69) is 10.3 Å². The third-order valence-electron chi connectivity index (χ3n) is 4.47. The molecule has 4 rings (SSSR count). The Morgan fingerprint density at radius 1 is 0.697 bits per heavy atom. The van der Waals surface area contributed by atoms with Gasteiger partial charge < -0.3 is 23.3 Å². The van der Waals surface area contributed by atoms with E-state index < -0.39 is 11.9 Å². The number of aromatic nitrogens is 2. The van der Waals surface area contributed by atoms with E-state index in [1.807, 2.05) is 0 Å². The topological polar surface area (TPSA) is 114 Å². The average molecular weight is 448 g/mol. The molecule has 0 unspecified atom stereocenters. The molecule has 2 aromatic heterocycles. The zero-order valence-electron chi connectivity index (χ0n) is 17.9. The van der Waals surface area contributed by atoms with E-state index in [0.717, 1.165) is 0 Å². The molecule has 0 radical (unpaired) electrons. The van der Waals surface area contributed by atoms with Crippen LogP contribution in [0.1, 0.15) is 43.6 Å². The highest BCUT2D eigenvalue weighted by Crippen LogP contribution is 2.23. The first kappa shape index (κ1) is 21.8. The Hall–Kier alpha value is -4.40. The van der Waals surface area contributed by atoms with Crippen LogP contribution in [0.5, 0.6) is 11.5 Å². The lowest BCUT2D eigenvalue weighted by Gasteiger charge is -2.08. The standard InChI is InChI=1S/C24H20N2O7/c1-15-11-19(25-32-15)13-29-23(27)17-3-7-21(8-4-17)31-22-9-5-18(6-10-22)24(28)30-14-20-12-16(2)33-26-20/h3-12H,13-14H2,1-2H3. The molecule has 0 amide bonds. The second-order valence-corrected chi connectivity index (χ2v) is 7.16. The molecule has 0 aliphatic heterocycles. The summed E-state index contributed by atoms with van der Waals surface area (Å²) in [7, 11) is 0. The van der Waals surface area contributed by atoms with Gasteiger partial charge in [0, 0.05) is 12.1 Å². The van der Waals surface area contributed by atoms with Gasteiger partial charge in [-0.15, -0.1) is 0 Å². The zero-order valence-corrected chi connectivity index (χ0v) is 17.9. The molecule has 0 bridgehead atoms. The molecular formula is C24H20N2O7. The summed E-state index contributed by atoms with van der Waals surface area (Å²) in [5.74, 6) is 1.38. The van der Waals surface area contributed by atoms with Crippen LogP contribution in [0.4, 0.5) is 0 Å². The SMILES string of the molecule is Cc1cc(COC(=O)c2ccc(Oc3ccc(C(=O)OCc4cc(C)on4)cc3)cc2)no1. The highest BCUT2D eigenvalue weighted by atomic mass is 16.5. The van der Waals surface area contributed by atoms with Crippen LogP contribution in [0, 0.1) is 13.8 Å². The fraction of sp³-hybridized carbons (Fsp3) is 0.167. The first-order chi connectivity index (χ1) is 16.0. The van der Waals surface area contributed by atoms with Crippen molar-refractivity contribution in [2.45, 2.75) is 27.1 Å². The molecule has 0 N–H and O–H groups in total. The first-order valence-corrected chi connectivity index (χ1v) is 10.0. The number of hydrogen-bond acceptors (Lipinski definition) is 9. The Labute approximate surface area is 188 Å². The zero-order chi connectivity index (χ0) is 23.2. The minimum absolute atomic E-state index is 0.0292. The molecule has 33 heavy (non-hydrogen) atoms. The minimum Gasteiger partial charge on any atom is -0.457 e. The predicted molar refractivity (Wildman–Crippen MR) is 114 cm³/mol. The van der Waals surface area contributed by atoms with E-state index in [1.165, 1.54) is 0 Å². The third-order valence-corrected chi connectivity index (χ3v) is 4.47. The van der Waals surface area contributed by atoms with Crippen molar-refractivity contribution in [3.05, 3.63) is 94.7 Å². The van der Waals surface area contributed by atoms with Crippen molar-refractivity contribution in [1.82, 2.24) is 10.3 Å². The highest BCUT2D eigenvalue weighted by Gasteiger charge is 2.11. The smallest absolute Gasteiger partial charge is 0.338 e. The molecule has 9 heteroatoms. The molecule has 2 aromatic carbocycles. The first-order valence-electron chi connectivity index (χ1n) is 10.0. The van der Waals surface area contributed by atoms with Gasteiger partial charge in [-0.3, -0.25) is 0 Å². The maximum Gasteiger partial charge on any atom is 0.338 e. The molecule has 0 atom stereocenters. The normalized spacial score (nSPS) is 10.6. The molecule has 4 aromatic rings. The van der Waals surface area contributed by atoms with E-state index in [0.29, 0.717) is 45.5 Å². The number of carbonyl (C=O) groups excluding carboxylic acids is 2. The van der Waals surface area contributed by atoms with Crippen LogP contribution in [-0.4, -0.2) is 22.3 Å². The van der Waals surface area contributed by atoms with Crippen molar-refractivity contribution in [2.75, 3.05) is 0 Å². The van der Waals surface area contributed by atoms with E-state index in [1.54, 1.807) is 74.5 Å². The summed E-state index contributed by atoms with van der Waals surface area (Å²) >= 11 is 0. The van der Waals surface area contributed by atoms with Gasteiger partial charge in [-0.25, -0.2) is 9.59 Å². The number of benzene rings is 2. The molecule has 0 aliphatic carbocycles. The predicted octanol–water partition coefficient (Wildman–Crippen LogP) is 4.79. The lowest BCUT2D eigenvalue weighted by atomic mass is 10.2. The van der Waals surface area contributed by atoms with Crippen LogP contribution in [0.15, 0.2) is 69.7 Å². The Balaban J connectivity index is 1.28. The van der Waals surface area contributed by atoms with Gasteiger partial charge >= 0.3 is 11.9 Å². The van der Waals surface area contributed by atoms with Gasteiger partial charge in [-0.1, -0.05) is 10.3 Å². The van der Waals surface area contributed by atoms with E-state index in [-0.39, 0.29) is 13.2 Å². The van der Waals surface area contributed by atoms with Crippen LogP contribution in [0.3, 0.4) is 0 Å². The molecule has 0 fully saturated rings. The van der Waals surface area contributed by atoms with E-state index in [9.17, 15) is 9.59 Å². The fourth-order valence-corrected chi connectivity index (χ4v) is 2.87. The van der Waals surface area contributed by atoms with Gasteiger partial charge in [0.2, 0.25) is 0 Å². The second kappa shape index (κ2) is 9.82. The minimum atomic E-state index is -0.481. The number of ether oxygens (including phenoxy) is 3. The Morgan fingerprint density at radius 3 is 1.42 bits per heavy atom. The van der Waals surface area contributed by atoms with Crippen molar-refractivity contribution in [3.8, 4) is 11.5 Å². The highest BCUT2D eigenvalue weighted by molar-refractivity contribution is 5.90. The molecule has 2 heterocycles. The molecule has 0 saturated carbocycles. The summed E-state index contributed by atoms with van der Waals surface area (Å²) < 4.78 is 26.1. The van der Waals surface area contributed by atoms with Gasteiger partial charge in [0.05, 0.1) is 11.1 Å². The van der Waals surface area contributed by atoms with Crippen LogP contribution < -0.4 is 4.74 Å². The van der Waals surface area contributed by atoms with Crippen molar-refractivity contribution >= 4 is 11.9 Å². The van der Waals surface area contributed by atoms with Crippen molar-refractivity contribution in [1.29, 1.82) is 0 Å².